The van der Waals surface area contributed by atoms with Crippen LogP contribution in [0.5, 0.6) is 0 Å². The highest BCUT2D eigenvalue weighted by Gasteiger charge is 2.52. The number of nitrogens with zero attached hydrogens (tertiary/aromatic N) is 6. The summed E-state index contributed by atoms with van der Waals surface area (Å²) in [5.41, 5.74) is 15.9. The third-order valence-electron chi connectivity index (χ3n) is 11.1. The molecule has 0 saturated carbocycles. The maximum Gasteiger partial charge on any atom is 0.183 e. The average molecular weight is 681 g/mol. The number of hydrogen-bond acceptors (Lipinski definition) is 6. The summed E-state index contributed by atoms with van der Waals surface area (Å²) in [5, 5.41) is 5.95. The van der Waals surface area contributed by atoms with Crippen molar-refractivity contribution in [2.45, 2.75) is 48.5 Å². The fourth-order valence-electron chi connectivity index (χ4n) is 8.35. The molecular formula is C42H64N6Si. The largest absolute Gasteiger partial charge is 0.378 e. The Morgan fingerprint density at radius 1 is 0.388 bits per heavy atom. The van der Waals surface area contributed by atoms with Crippen molar-refractivity contribution in [3.05, 3.63) is 75.0 Å². The molecule has 7 heteroatoms. The summed E-state index contributed by atoms with van der Waals surface area (Å²) in [7, 11) is 23.2. The fourth-order valence-corrected chi connectivity index (χ4v) is 15.0. The SMILES string of the molecule is CC1=C(C)C(C)C([Si](c2cc(C)c(N(C)C)cc2N(C)C)(c2cc(C)c(N(C)C)cc2N(C)C)c2cc(C)c(N(C)C)cc2N(C)C)=C1C. The van der Waals surface area contributed by atoms with Gasteiger partial charge in [-0.25, -0.2) is 0 Å². The molecule has 3 aromatic rings. The van der Waals surface area contributed by atoms with E-state index in [1.54, 1.807) is 5.20 Å². The van der Waals surface area contributed by atoms with Crippen LogP contribution in [0.3, 0.4) is 0 Å². The van der Waals surface area contributed by atoms with Crippen LogP contribution in [0, 0.1) is 26.7 Å². The van der Waals surface area contributed by atoms with E-state index in [-0.39, 0.29) is 0 Å². The number of benzene rings is 3. The predicted octanol–water partition coefficient (Wildman–Crippen LogP) is 6.32. The van der Waals surface area contributed by atoms with Crippen molar-refractivity contribution >= 4 is 57.8 Å². The molecule has 0 amide bonds. The van der Waals surface area contributed by atoms with Crippen molar-refractivity contribution in [1.82, 2.24) is 0 Å². The van der Waals surface area contributed by atoms with Crippen LogP contribution in [0.1, 0.15) is 44.4 Å². The average Bonchev–Trinajstić information content (AvgIpc) is 3.19. The first-order valence-corrected chi connectivity index (χ1v) is 19.6. The topological polar surface area (TPSA) is 19.4 Å². The van der Waals surface area contributed by atoms with E-state index < -0.39 is 8.07 Å². The smallest absolute Gasteiger partial charge is 0.183 e. The molecule has 0 aliphatic heterocycles. The van der Waals surface area contributed by atoms with Crippen LogP contribution in [0.4, 0.5) is 34.1 Å². The molecule has 0 aromatic heterocycles. The third-order valence-corrected chi connectivity index (χ3v) is 16.3. The first-order valence-electron chi connectivity index (χ1n) is 17.6. The summed E-state index contributed by atoms with van der Waals surface area (Å²) < 4.78 is 0. The molecule has 0 bridgehead atoms. The van der Waals surface area contributed by atoms with Gasteiger partial charge >= 0.3 is 0 Å². The summed E-state index contributed by atoms with van der Waals surface area (Å²) in [4.78, 5) is 13.9. The van der Waals surface area contributed by atoms with Gasteiger partial charge in [0.05, 0.1) is 0 Å². The zero-order chi connectivity index (χ0) is 37.0. The van der Waals surface area contributed by atoms with Crippen molar-refractivity contribution in [3.63, 3.8) is 0 Å². The van der Waals surface area contributed by atoms with Gasteiger partial charge < -0.3 is 29.4 Å². The standard InChI is InChI=1S/C42H64N6Si/c1-26-20-39(36(46(14)15)23-33(26)43(8)9)49(42-31(6)29(4)30(5)32(42)7,40-21-27(2)34(44(10)11)24-37(40)47(16)17)41-22-28(3)35(45(12)13)25-38(41)48(18)19/h20-25,31H,1-19H3. The minimum atomic E-state index is -3.13. The Kier molecular flexibility index (Phi) is 10.7. The molecule has 0 heterocycles. The van der Waals surface area contributed by atoms with Gasteiger partial charge in [-0.1, -0.05) is 41.5 Å². The van der Waals surface area contributed by atoms with E-state index in [2.05, 4.69) is 199 Å². The molecule has 0 saturated heterocycles. The molecule has 1 unspecified atom stereocenters. The van der Waals surface area contributed by atoms with E-state index in [1.165, 1.54) is 83.1 Å². The highest BCUT2D eigenvalue weighted by atomic mass is 28.3. The Hall–Kier alpha value is -3.84. The first-order chi connectivity index (χ1) is 22.7. The molecule has 0 radical (unpaired) electrons. The van der Waals surface area contributed by atoms with Crippen molar-refractivity contribution in [3.8, 4) is 0 Å². The molecule has 49 heavy (non-hydrogen) atoms. The number of anilines is 6. The highest BCUT2D eigenvalue weighted by molar-refractivity contribution is 7.18. The maximum atomic E-state index is 2.57. The lowest BCUT2D eigenvalue weighted by Gasteiger charge is -2.44. The van der Waals surface area contributed by atoms with Gasteiger partial charge in [0.2, 0.25) is 0 Å². The van der Waals surface area contributed by atoms with Crippen molar-refractivity contribution in [2.75, 3.05) is 114 Å². The van der Waals surface area contributed by atoms with Gasteiger partial charge in [-0.2, -0.15) is 0 Å². The van der Waals surface area contributed by atoms with Crippen LogP contribution in [0.2, 0.25) is 0 Å². The van der Waals surface area contributed by atoms with Gasteiger partial charge in [0.1, 0.15) is 0 Å². The lowest BCUT2D eigenvalue weighted by atomic mass is 10.1. The van der Waals surface area contributed by atoms with Gasteiger partial charge in [0, 0.05) is 119 Å². The minimum Gasteiger partial charge on any atom is -0.378 e. The lowest BCUT2D eigenvalue weighted by Crippen LogP contribution is -2.71. The van der Waals surface area contributed by atoms with Crippen molar-refractivity contribution in [1.29, 1.82) is 0 Å². The molecule has 3 aromatic carbocycles. The fraction of sp³-hybridized carbons (Fsp3) is 0.476. The van der Waals surface area contributed by atoms with Crippen molar-refractivity contribution in [2.24, 2.45) is 5.92 Å². The zero-order valence-electron chi connectivity index (χ0n) is 34.2. The van der Waals surface area contributed by atoms with E-state index >= 15 is 0 Å². The summed E-state index contributed by atoms with van der Waals surface area (Å²) >= 11 is 0. The molecule has 1 atom stereocenters. The number of allylic oxidation sites excluding steroid dienone is 4. The molecule has 1 aliphatic carbocycles. The second kappa shape index (κ2) is 13.8. The zero-order valence-corrected chi connectivity index (χ0v) is 35.2. The summed E-state index contributed by atoms with van der Waals surface area (Å²) in [6, 6.07) is 15.0. The van der Waals surface area contributed by atoms with E-state index in [1.807, 2.05) is 0 Å². The molecule has 4 rings (SSSR count). The van der Waals surface area contributed by atoms with Crippen LogP contribution in [-0.4, -0.2) is 92.6 Å². The minimum absolute atomic E-state index is 0.295. The Balaban J connectivity index is 2.52. The molecule has 0 N–H and O–H groups in total. The van der Waals surface area contributed by atoms with Crippen LogP contribution >= 0.6 is 0 Å². The number of rotatable bonds is 10. The lowest BCUT2D eigenvalue weighted by molar-refractivity contribution is 0.851. The Bertz CT molecular complexity index is 1640. The summed E-state index contributed by atoms with van der Waals surface area (Å²) in [6.07, 6.45) is 0. The maximum absolute atomic E-state index is 3.13. The first kappa shape index (κ1) is 38.0. The van der Waals surface area contributed by atoms with Gasteiger partial charge in [-0.15, -0.1) is 0 Å². The Morgan fingerprint density at radius 3 is 0.857 bits per heavy atom. The predicted molar refractivity (Wildman–Crippen MR) is 224 cm³/mol. The van der Waals surface area contributed by atoms with Crippen LogP contribution in [0.25, 0.3) is 0 Å². The summed E-state index contributed by atoms with van der Waals surface area (Å²) in [5.74, 6) is 0.295. The van der Waals surface area contributed by atoms with Gasteiger partial charge in [-0.05, 0) is 103 Å². The van der Waals surface area contributed by atoms with Crippen LogP contribution < -0.4 is 45.0 Å². The van der Waals surface area contributed by atoms with E-state index in [9.17, 15) is 0 Å². The van der Waals surface area contributed by atoms with Gasteiger partial charge in [0.15, 0.2) is 8.07 Å². The van der Waals surface area contributed by atoms with Crippen molar-refractivity contribution < 1.29 is 0 Å². The number of aryl methyl sites for hydroxylation is 3. The monoisotopic (exact) mass is 680 g/mol. The van der Waals surface area contributed by atoms with Gasteiger partial charge in [-0.3, -0.25) is 0 Å². The normalized spacial score (nSPS) is 14.9. The summed E-state index contributed by atoms with van der Waals surface area (Å²) in [6.45, 7) is 16.5. The Labute approximate surface area is 300 Å². The van der Waals surface area contributed by atoms with Crippen LogP contribution in [-0.2, 0) is 0 Å². The van der Waals surface area contributed by atoms with E-state index in [4.69, 9.17) is 0 Å². The number of hydrogen-bond donors (Lipinski definition) is 0. The molecular weight excluding hydrogens is 617 g/mol. The second-order valence-corrected chi connectivity index (χ2v) is 19.3. The molecule has 1 aliphatic rings. The molecule has 0 spiro atoms. The highest BCUT2D eigenvalue weighted by Crippen LogP contribution is 2.45. The molecule has 0 fully saturated rings. The van der Waals surface area contributed by atoms with E-state index in [0.717, 1.165) is 0 Å². The third kappa shape index (κ3) is 6.24. The quantitative estimate of drug-likeness (QED) is 0.183. The van der Waals surface area contributed by atoms with Crippen LogP contribution in [0.15, 0.2) is 58.3 Å². The molecule has 6 nitrogen and oxygen atoms in total. The second-order valence-electron chi connectivity index (χ2n) is 15.7. The van der Waals surface area contributed by atoms with E-state index in [0.29, 0.717) is 5.92 Å². The molecule has 266 valence electrons. The van der Waals surface area contributed by atoms with Gasteiger partial charge in [0.25, 0.3) is 0 Å². The Morgan fingerprint density at radius 2 is 0.653 bits per heavy atom.